The van der Waals surface area contributed by atoms with Crippen LogP contribution in [0, 0.1) is 0 Å². The van der Waals surface area contributed by atoms with Crippen molar-refractivity contribution in [3.63, 3.8) is 0 Å². The molecular weight excluding hydrogens is 278 g/mol. The molecule has 0 saturated heterocycles. The minimum atomic E-state index is -0.229. The van der Waals surface area contributed by atoms with Crippen LogP contribution in [0.2, 0.25) is 0 Å². The molecule has 1 atom stereocenters. The molecule has 19 heavy (non-hydrogen) atoms. The molecule has 0 aromatic heterocycles. The number of carbonyl (C=O) groups excluding carboxylic acids is 1. The summed E-state index contributed by atoms with van der Waals surface area (Å²) in [5.74, 6) is 0. The number of rotatable bonds is 5. The topological polar surface area (TPSA) is 29.5 Å². The number of likely N-dealkylation sites (N-methyl/N-ethyl adjacent to an activating group) is 1. The lowest BCUT2D eigenvalue weighted by Crippen LogP contribution is -2.31. The Bertz CT molecular complexity index is 407. The highest BCUT2D eigenvalue weighted by atomic mass is 32.1. The molecule has 0 spiro atoms. The molecule has 0 aliphatic heterocycles. The smallest absolute Gasteiger partial charge is 0.149 e. The highest BCUT2D eigenvalue weighted by Gasteiger charge is 2.11. The molecule has 0 bridgehead atoms. The number of aldehydes is 1. The first-order chi connectivity index (χ1) is 9.10. The lowest BCUT2D eigenvalue weighted by atomic mass is 10.2. The Labute approximate surface area is 125 Å². The largest absolute Gasteiger partial charge is 0.358 e. The van der Waals surface area contributed by atoms with Gasteiger partial charge in [0.25, 0.3) is 0 Å². The minimum Gasteiger partial charge on any atom is -0.358 e. The number of carbonyl (C=O) groups is 1. The van der Waals surface area contributed by atoms with E-state index in [9.17, 15) is 4.79 Å². The predicted molar refractivity (Wildman–Crippen MR) is 88.1 cm³/mol. The molecule has 0 N–H and O–H groups in total. The van der Waals surface area contributed by atoms with Gasteiger partial charge in [0.1, 0.15) is 12.5 Å². The number of ether oxygens (including phenoxy) is 1. The Hall–Kier alpha value is -1.17. The fraction of sp³-hybridized carbons (Fsp3) is 0.286. The Morgan fingerprint density at radius 3 is 2.37 bits per heavy atom. The maximum Gasteiger partial charge on any atom is 0.149 e. The fourth-order valence-corrected chi connectivity index (χ4v) is 1.41. The van der Waals surface area contributed by atoms with Crippen molar-refractivity contribution in [2.24, 2.45) is 0 Å². The van der Waals surface area contributed by atoms with Crippen LogP contribution in [0.1, 0.15) is 6.92 Å². The molecule has 0 aliphatic rings. The molecule has 3 nitrogen and oxygen atoms in total. The van der Waals surface area contributed by atoms with Gasteiger partial charge >= 0.3 is 0 Å². The maximum absolute atomic E-state index is 10.6. The standard InChI is InChI=1S/C13H17NO2.CH2S2/c1-11(10-15)9-13(16-3)14(2)12-7-5-4-6-8-12;2-1-3/h4-10,13H,1-3H3;1H,(H,2,3)/b11-9-;. The van der Waals surface area contributed by atoms with Gasteiger partial charge in [-0.05, 0) is 30.7 Å². The zero-order valence-corrected chi connectivity index (χ0v) is 13.0. The molecule has 0 heterocycles. The number of hydrogen-bond acceptors (Lipinski definition) is 4. The van der Waals surface area contributed by atoms with Crippen molar-refractivity contribution < 1.29 is 9.53 Å². The van der Waals surface area contributed by atoms with Gasteiger partial charge in [-0.1, -0.05) is 30.4 Å². The molecule has 0 fully saturated rings. The van der Waals surface area contributed by atoms with Crippen LogP contribution < -0.4 is 4.90 Å². The third kappa shape index (κ3) is 7.10. The van der Waals surface area contributed by atoms with E-state index in [1.54, 1.807) is 20.1 Å². The van der Waals surface area contributed by atoms with Gasteiger partial charge in [0.2, 0.25) is 0 Å². The second-order valence-electron chi connectivity index (χ2n) is 3.71. The number of methoxy groups -OCH3 is 1. The maximum atomic E-state index is 10.6. The minimum absolute atomic E-state index is 0.229. The molecule has 0 amide bonds. The first-order valence-electron chi connectivity index (χ1n) is 5.62. The van der Waals surface area contributed by atoms with Gasteiger partial charge < -0.3 is 9.64 Å². The van der Waals surface area contributed by atoms with E-state index in [0.717, 1.165) is 12.0 Å². The number of thiocarbonyl (C=S) groups is 1. The van der Waals surface area contributed by atoms with Gasteiger partial charge in [-0.3, -0.25) is 4.79 Å². The molecule has 0 aliphatic carbocycles. The van der Waals surface area contributed by atoms with Crippen LogP contribution in [0.3, 0.4) is 0 Å². The molecule has 5 heteroatoms. The van der Waals surface area contributed by atoms with Crippen LogP contribution in [0.4, 0.5) is 5.69 Å². The first kappa shape index (κ1) is 17.8. The predicted octanol–water partition coefficient (Wildman–Crippen LogP) is 3.11. The summed E-state index contributed by atoms with van der Waals surface area (Å²) in [6, 6.07) is 9.89. The SMILES string of the molecule is COC(/C=C(/C)C=O)N(C)c1ccccc1.S=CS. The van der Waals surface area contributed by atoms with Gasteiger partial charge in [-0.15, -0.1) is 12.6 Å². The molecule has 1 aromatic rings. The van der Waals surface area contributed by atoms with Crippen LogP contribution in [0.25, 0.3) is 0 Å². The van der Waals surface area contributed by atoms with E-state index in [1.807, 2.05) is 42.3 Å². The van der Waals surface area contributed by atoms with Crippen LogP contribution in [0.15, 0.2) is 42.0 Å². The average Bonchev–Trinajstić information content (AvgIpc) is 2.45. The third-order valence-corrected chi connectivity index (χ3v) is 2.38. The Morgan fingerprint density at radius 1 is 1.42 bits per heavy atom. The summed E-state index contributed by atoms with van der Waals surface area (Å²) < 4.78 is 6.61. The molecule has 0 radical (unpaired) electrons. The van der Waals surface area contributed by atoms with Gasteiger partial charge in [-0.25, -0.2) is 0 Å². The zero-order valence-electron chi connectivity index (χ0n) is 11.3. The van der Waals surface area contributed by atoms with Crippen molar-refractivity contribution in [2.75, 3.05) is 19.1 Å². The molecule has 1 aromatic carbocycles. The number of anilines is 1. The van der Waals surface area contributed by atoms with Crippen LogP contribution in [0.5, 0.6) is 0 Å². The summed E-state index contributed by atoms with van der Waals surface area (Å²) in [4.78, 5) is 12.5. The summed E-state index contributed by atoms with van der Waals surface area (Å²) >= 11 is 7.61. The lowest BCUT2D eigenvalue weighted by molar-refractivity contribution is -0.104. The number of para-hydroxylation sites is 1. The lowest BCUT2D eigenvalue weighted by Gasteiger charge is -2.26. The quantitative estimate of drug-likeness (QED) is 0.297. The zero-order chi connectivity index (χ0) is 14.7. The van der Waals surface area contributed by atoms with E-state index in [2.05, 4.69) is 24.8 Å². The third-order valence-electron chi connectivity index (χ3n) is 2.38. The number of hydrogen-bond donors (Lipinski definition) is 1. The van der Waals surface area contributed by atoms with Crippen molar-refractivity contribution in [1.82, 2.24) is 0 Å². The summed E-state index contributed by atoms with van der Waals surface area (Å²) in [6.07, 6.45) is 2.39. The van der Waals surface area contributed by atoms with E-state index in [0.29, 0.717) is 5.57 Å². The Morgan fingerprint density at radius 2 is 1.95 bits per heavy atom. The molecule has 0 saturated carbocycles. The van der Waals surface area contributed by atoms with E-state index in [-0.39, 0.29) is 6.23 Å². The van der Waals surface area contributed by atoms with Gasteiger partial charge in [0, 0.05) is 24.5 Å². The number of nitrogens with zero attached hydrogens (tertiary/aromatic N) is 1. The molecular formula is C14H19NO2S2. The summed E-state index contributed by atoms with van der Waals surface area (Å²) in [5, 5.41) is 0. The van der Waals surface area contributed by atoms with E-state index in [1.165, 1.54) is 4.70 Å². The fourth-order valence-electron chi connectivity index (χ4n) is 1.41. The summed E-state index contributed by atoms with van der Waals surface area (Å²) in [7, 11) is 3.55. The van der Waals surface area contributed by atoms with E-state index >= 15 is 0 Å². The van der Waals surface area contributed by atoms with E-state index in [4.69, 9.17) is 4.74 Å². The highest BCUT2D eigenvalue weighted by Crippen LogP contribution is 2.15. The van der Waals surface area contributed by atoms with Crippen molar-refractivity contribution in [2.45, 2.75) is 13.2 Å². The Balaban J connectivity index is 0.000000982. The number of allylic oxidation sites excluding steroid dienone is 1. The van der Waals surface area contributed by atoms with Crippen molar-refractivity contribution in [1.29, 1.82) is 0 Å². The second-order valence-corrected chi connectivity index (χ2v) is 4.55. The normalized spacial score (nSPS) is 11.9. The van der Waals surface area contributed by atoms with Crippen molar-refractivity contribution in [3.05, 3.63) is 42.0 Å². The molecule has 104 valence electrons. The number of thiol groups is 1. The monoisotopic (exact) mass is 297 g/mol. The van der Waals surface area contributed by atoms with Crippen LogP contribution >= 0.6 is 24.8 Å². The number of benzene rings is 1. The molecule has 1 rings (SSSR count). The van der Waals surface area contributed by atoms with Crippen LogP contribution in [-0.2, 0) is 9.53 Å². The van der Waals surface area contributed by atoms with E-state index < -0.39 is 0 Å². The second kappa shape index (κ2) is 10.7. The van der Waals surface area contributed by atoms with Crippen LogP contribution in [-0.4, -0.2) is 31.4 Å². The van der Waals surface area contributed by atoms with Gasteiger partial charge in [-0.2, -0.15) is 0 Å². The highest BCUT2D eigenvalue weighted by molar-refractivity contribution is 8.08. The Kier molecular flexibility index (Phi) is 10.1. The van der Waals surface area contributed by atoms with Gasteiger partial charge in [0.15, 0.2) is 0 Å². The summed E-state index contributed by atoms with van der Waals surface area (Å²) in [6.45, 7) is 1.76. The van der Waals surface area contributed by atoms with Crippen molar-refractivity contribution >= 4 is 41.5 Å². The van der Waals surface area contributed by atoms with Gasteiger partial charge in [0.05, 0.1) is 0 Å². The summed E-state index contributed by atoms with van der Waals surface area (Å²) in [5.41, 5.74) is 1.71. The van der Waals surface area contributed by atoms with Crippen molar-refractivity contribution in [3.8, 4) is 0 Å². The average molecular weight is 297 g/mol. The molecule has 1 unspecified atom stereocenters. The first-order valence-corrected chi connectivity index (χ1v) is 6.61.